The van der Waals surface area contributed by atoms with Gasteiger partial charge in [0.1, 0.15) is 6.61 Å². The summed E-state index contributed by atoms with van der Waals surface area (Å²) in [6.45, 7) is 2.18. The molecule has 0 heterocycles. The Bertz CT molecular complexity index is 372. The number of hydrogen-bond donors (Lipinski definition) is 0. The normalized spacial score (nSPS) is 12.5. The van der Waals surface area contributed by atoms with Crippen LogP contribution in [0.15, 0.2) is 0 Å². The predicted octanol–water partition coefficient (Wildman–Crippen LogP) is -0.765. The number of carbonyl (C=O) groups excluding carboxylic acids is 1. The van der Waals surface area contributed by atoms with Gasteiger partial charge in [0, 0.05) is 18.8 Å². The summed E-state index contributed by atoms with van der Waals surface area (Å²) in [5, 5.41) is -0.792. The van der Waals surface area contributed by atoms with Crippen molar-refractivity contribution >= 4 is 16.1 Å². The molecule has 0 aromatic carbocycles. The zero-order valence-corrected chi connectivity index (χ0v) is 16.8. The van der Waals surface area contributed by atoms with E-state index in [0.717, 1.165) is 38.5 Å². The van der Waals surface area contributed by atoms with Crippen molar-refractivity contribution < 1.29 is 56.8 Å². The first kappa shape index (κ1) is 24.6. The molecule has 0 N–H and O–H groups in total. The van der Waals surface area contributed by atoms with E-state index in [-0.39, 0.29) is 35.5 Å². The van der Waals surface area contributed by atoms with Crippen molar-refractivity contribution in [3.8, 4) is 0 Å². The minimum atomic E-state index is -4.13. The van der Waals surface area contributed by atoms with Crippen LogP contribution >= 0.6 is 0 Å². The summed E-state index contributed by atoms with van der Waals surface area (Å²) in [4.78, 5) is 11.3. The average Bonchev–Trinajstić information content (AvgIpc) is 2.40. The number of rotatable bonds is 13. The maximum atomic E-state index is 11.3. The fourth-order valence-corrected chi connectivity index (χ4v) is 2.32. The third-order valence-electron chi connectivity index (χ3n) is 3.28. The zero-order valence-electron chi connectivity index (χ0n) is 14.0. The largest absolute Gasteiger partial charge is 1.00 e. The van der Waals surface area contributed by atoms with E-state index >= 15 is 0 Å². The van der Waals surface area contributed by atoms with Crippen LogP contribution < -0.4 is 29.6 Å². The van der Waals surface area contributed by atoms with Crippen LogP contribution in [0, 0.1) is 0 Å². The second kappa shape index (κ2) is 14.9. The molecule has 8 heteroatoms. The number of ether oxygens (including phenoxy) is 2. The van der Waals surface area contributed by atoms with Crippen LogP contribution in [-0.2, 0) is 24.4 Å². The summed E-state index contributed by atoms with van der Waals surface area (Å²) in [6, 6.07) is 0. The summed E-state index contributed by atoms with van der Waals surface area (Å²) in [5.74, 6) is -0.193. The molecule has 0 aliphatic rings. The third kappa shape index (κ3) is 15.2. The summed E-state index contributed by atoms with van der Waals surface area (Å²) in [6.07, 6.45) is 6.27. The van der Waals surface area contributed by atoms with Gasteiger partial charge in [-0.05, 0) is 19.8 Å². The number of hydrogen-bond acceptors (Lipinski definition) is 6. The predicted molar refractivity (Wildman–Crippen MR) is 78.9 cm³/mol. The fraction of sp³-hybridized carbons (Fsp3) is 0.929. The van der Waals surface area contributed by atoms with Gasteiger partial charge in [0.05, 0.1) is 16.7 Å². The Morgan fingerprint density at radius 3 is 2.14 bits per heavy atom. The Morgan fingerprint density at radius 1 is 1.05 bits per heavy atom. The van der Waals surface area contributed by atoms with Crippen molar-refractivity contribution in [3.63, 3.8) is 0 Å². The van der Waals surface area contributed by atoms with Crippen LogP contribution in [-0.4, -0.2) is 44.5 Å². The molecule has 0 saturated carbocycles. The second-order valence-electron chi connectivity index (χ2n) is 5.18. The molecular formula is C14H27NaO6S. The van der Waals surface area contributed by atoms with Crippen LogP contribution in [0.5, 0.6) is 0 Å². The van der Waals surface area contributed by atoms with E-state index in [1.807, 2.05) is 0 Å². The van der Waals surface area contributed by atoms with Crippen molar-refractivity contribution in [2.75, 3.05) is 20.3 Å². The van der Waals surface area contributed by atoms with E-state index in [9.17, 15) is 17.8 Å². The van der Waals surface area contributed by atoms with Crippen LogP contribution in [0.3, 0.4) is 0 Å². The minimum Gasteiger partial charge on any atom is -0.748 e. The monoisotopic (exact) mass is 346 g/mol. The molecule has 0 fully saturated rings. The first-order valence-electron chi connectivity index (χ1n) is 7.47. The van der Waals surface area contributed by atoms with Gasteiger partial charge in [-0.25, -0.2) is 8.42 Å². The molecule has 0 saturated heterocycles. The number of methoxy groups -OCH3 is 1. The number of unbranched alkanes of at least 4 members (excludes halogenated alkanes) is 5. The zero-order chi connectivity index (χ0) is 16.1. The van der Waals surface area contributed by atoms with Gasteiger partial charge in [0.15, 0.2) is 0 Å². The van der Waals surface area contributed by atoms with Crippen molar-refractivity contribution in [1.82, 2.24) is 0 Å². The molecule has 1 unspecified atom stereocenters. The molecule has 0 bridgehead atoms. The molecule has 0 aromatic heterocycles. The van der Waals surface area contributed by atoms with E-state index in [4.69, 9.17) is 9.47 Å². The van der Waals surface area contributed by atoms with Crippen molar-refractivity contribution in [2.24, 2.45) is 0 Å². The Labute approximate surface area is 156 Å². The molecule has 0 radical (unpaired) electrons. The number of esters is 1. The molecule has 0 aromatic rings. The van der Waals surface area contributed by atoms with E-state index in [2.05, 4.69) is 0 Å². The van der Waals surface area contributed by atoms with Gasteiger partial charge >= 0.3 is 35.5 Å². The number of carbonyl (C=O) groups is 1. The van der Waals surface area contributed by atoms with Crippen molar-refractivity contribution in [2.45, 2.75) is 63.5 Å². The van der Waals surface area contributed by atoms with Crippen molar-refractivity contribution in [1.29, 1.82) is 0 Å². The van der Waals surface area contributed by atoms with Gasteiger partial charge < -0.3 is 14.0 Å². The second-order valence-corrected chi connectivity index (χ2v) is 6.97. The van der Waals surface area contributed by atoms with E-state index in [1.54, 1.807) is 7.11 Å². The fourth-order valence-electron chi connectivity index (χ4n) is 1.86. The van der Waals surface area contributed by atoms with Crippen LogP contribution in [0.2, 0.25) is 0 Å². The summed E-state index contributed by atoms with van der Waals surface area (Å²) >= 11 is 0. The molecule has 0 spiro atoms. The molecule has 0 amide bonds. The first-order valence-corrected chi connectivity index (χ1v) is 8.94. The standard InChI is InChI=1S/C14H28O6S.Na/c1-13(21(16,17)18)9-7-5-3-4-6-8-10-14(15)20-12-11-19-2;/h13H,3-12H2,1-2H3,(H,16,17,18);/q;+1/p-1. The Kier molecular flexibility index (Phi) is 16.7. The van der Waals surface area contributed by atoms with Gasteiger partial charge in [-0.15, -0.1) is 0 Å². The summed E-state index contributed by atoms with van der Waals surface area (Å²) in [7, 11) is -2.58. The molecule has 6 nitrogen and oxygen atoms in total. The van der Waals surface area contributed by atoms with Gasteiger partial charge in [-0.3, -0.25) is 4.79 Å². The minimum absolute atomic E-state index is 0. The maximum Gasteiger partial charge on any atom is 1.00 e. The molecule has 0 aliphatic heterocycles. The topological polar surface area (TPSA) is 92.7 Å². The molecule has 22 heavy (non-hydrogen) atoms. The SMILES string of the molecule is COCCOC(=O)CCCCCCCCC(C)S(=O)(=O)[O-].[Na+]. The molecule has 0 aliphatic carbocycles. The molecular weight excluding hydrogens is 319 g/mol. The van der Waals surface area contributed by atoms with Gasteiger partial charge in [-0.1, -0.05) is 32.1 Å². The molecule has 0 rings (SSSR count). The quantitative estimate of drug-likeness (QED) is 0.188. The Morgan fingerprint density at radius 2 is 1.59 bits per heavy atom. The maximum absolute atomic E-state index is 11.3. The van der Waals surface area contributed by atoms with E-state index < -0.39 is 15.4 Å². The van der Waals surface area contributed by atoms with E-state index in [0.29, 0.717) is 26.1 Å². The van der Waals surface area contributed by atoms with Gasteiger partial charge in [-0.2, -0.15) is 0 Å². The van der Waals surface area contributed by atoms with Crippen LogP contribution in [0.4, 0.5) is 0 Å². The van der Waals surface area contributed by atoms with E-state index in [1.165, 1.54) is 6.92 Å². The van der Waals surface area contributed by atoms with Crippen LogP contribution in [0.1, 0.15) is 58.3 Å². The summed E-state index contributed by atoms with van der Waals surface area (Å²) < 4.78 is 41.8. The first-order chi connectivity index (χ1) is 9.88. The third-order valence-corrected chi connectivity index (χ3v) is 4.51. The van der Waals surface area contributed by atoms with Crippen LogP contribution in [0.25, 0.3) is 0 Å². The average molecular weight is 346 g/mol. The Hall–Kier alpha value is 0.340. The molecule has 1 atom stereocenters. The molecule has 126 valence electrons. The van der Waals surface area contributed by atoms with Crippen molar-refractivity contribution in [3.05, 3.63) is 0 Å². The smallest absolute Gasteiger partial charge is 0.748 e. The summed E-state index contributed by atoms with van der Waals surface area (Å²) in [5.41, 5.74) is 0. The van der Waals surface area contributed by atoms with Gasteiger partial charge in [0.2, 0.25) is 0 Å². The van der Waals surface area contributed by atoms with Gasteiger partial charge in [0.25, 0.3) is 0 Å². The Balaban J connectivity index is 0.